The van der Waals surface area contributed by atoms with Gasteiger partial charge in [0.05, 0.1) is 76.0 Å². The van der Waals surface area contributed by atoms with Crippen molar-refractivity contribution in [1.82, 2.24) is 10.6 Å². The number of carboxylic acids is 1. The van der Waals surface area contributed by atoms with Crippen molar-refractivity contribution in [3.05, 3.63) is 0 Å². The highest BCUT2D eigenvalue weighted by Crippen LogP contribution is 2.45. The van der Waals surface area contributed by atoms with Gasteiger partial charge in [0.1, 0.15) is 54.8 Å². The Morgan fingerprint density at radius 2 is 0.791 bits per heavy atom. The highest BCUT2D eigenvalue weighted by Gasteiger charge is 2.58. The molecule has 2 amide bonds. The molecule has 32 nitrogen and oxygen atoms in total. The molecule has 19 atom stereocenters. The van der Waals surface area contributed by atoms with Gasteiger partial charge in [-0.3, -0.25) is 28.2 Å². The van der Waals surface area contributed by atoms with Crippen LogP contribution in [0, 0.1) is 0 Å². The third kappa shape index (κ3) is 42.2. The molecule has 3 fully saturated rings. The molecule has 0 bridgehead atoms. The zero-order chi connectivity index (χ0) is 81.5. The summed E-state index contributed by atoms with van der Waals surface area (Å²) in [5.74, 6) is -9.65. The lowest BCUT2D eigenvalue weighted by atomic mass is 9.92. The number of nitrogens with one attached hydrogen (secondary N) is 2. The van der Waals surface area contributed by atoms with Gasteiger partial charge in [-0.15, -0.1) is 0 Å². The third-order valence-electron chi connectivity index (χ3n) is 20.6. The molecular weight excluding hydrogens is 1480 g/mol. The maximum absolute atomic E-state index is 14.5. The van der Waals surface area contributed by atoms with E-state index >= 15 is 0 Å². The topological polar surface area (TPSA) is 510 Å². The summed E-state index contributed by atoms with van der Waals surface area (Å²) >= 11 is 0. The van der Waals surface area contributed by atoms with E-state index in [9.17, 15) is 104 Å². The van der Waals surface area contributed by atoms with Gasteiger partial charge in [0.15, 0.2) is 24.8 Å². The van der Waals surface area contributed by atoms with Crippen molar-refractivity contribution in [2.75, 3.05) is 19.8 Å². The van der Waals surface area contributed by atoms with Crippen LogP contribution in [0.25, 0.3) is 0 Å². The summed E-state index contributed by atoms with van der Waals surface area (Å²) in [5.41, 5.74) is 0. The summed E-state index contributed by atoms with van der Waals surface area (Å²) in [7, 11) is -11.7. The number of carbonyl (C=O) groups excluding carboxylic acids is 4. The molecule has 0 aromatic carbocycles. The highest BCUT2D eigenvalue weighted by atomic mass is 31.2. The number of phosphoric ester groups is 2. The predicted octanol–water partition coefficient (Wildman–Crippen LogP) is 8.54. The molecule has 16 N–H and O–H groups in total. The first-order valence-corrected chi connectivity index (χ1v) is 44.5. The van der Waals surface area contributed by atoms with Crippen molar-refractivity contribution in [2.24, 2.45) is 0 Å². The standard InChI is InChI=1S/C76H142N2O30P2/c1-5-9-13-17-21-25-29-33-37-41-53(80)45-61(86)77-65-71(104-63(88)47-55(82)43-39-35-31-27-23-19-15-11-7-3)68(91)59(102-74(65)108-110(97,98)99)51-100-73-66(78-62(87)46-54(81)42-38-34-30-26-22-18-14-10-6-2)72(105-64(89)48-56(83)44-40-36-32-28-24-20-16-12-8-4)70(107-109(94,95)96)60(103-73)52-101-76(75(92)93)49-57(84)67(90)69(106-76)58(85)50-79/h53-60,65-74,79-85,90-91H,5-52H2,1-4H3,(H,77,86)(H,78,87)(H,92,93)(H2,94,95,96)(H2,97,98,99)/t53?,54?,55?,56?,57-,58-,59-,60-,65-,66-,67-,68-,69-,70-,71-,72-,73-,74-,76-/m1/s1. The molecule has 0 aromatic rings. The van der Waals surface area contributed by atoms with E-state index in [1.807, 2.05) is 0 Å². The van der Waals surface area contributed by atoms with Gasteiger partial charge in [-0.25, -0.2) is 13.9 Å². The molecule has 0 aliphatic carbocycles. The lowest BCUT2D eigenvalue weighted by Gasteiger charge is -2.48. The molecule has 34 heteroatoms. The van der Waals surface area contributed by atoms with Crippen molar-refractivity contribution in [3.63, 3.8) is 0 Å². The number of aliphatic hydroxyl groups is 9. The summed E-state index contributed by atoms with van der Waals surface area (Å²) in [6, 6.07) is -4.13. The Labute approximate surface area is 651 Å². The van der Waals surface area contributed by atoms with E-state index in [0.717, 1.165) is 193 Å². The van der Waals surface area contributed by atoms with Crippen LogP contribution in [-0.4, -0.2) is 236 Å². The molecule has 4 unspecified atom stereocenters. The fourth-order valence-electron chi connectivity index (χ4n) is 14.3. The number of hydrogen-bond acceptors (Lipinski definition) is 25. The van der Waals surface area contributed by atoms with Crippen LogP contribution >= 0.6 is 15.6 Å². The largest absolute Gasteiger partial charge is 0.477 e. The minimum absolute atomic E-state index is 0.0721. The van der Waals surface area contributed by atoms with Gasteiger partial charge in [-0.2, -0.15) is 0 Å². The van der Waals surface area contributed by atoms with E-state index in [-0.39, 0.29) is 25.7 Å². The second kappa shape index (κ2) is 57.2. The average molecular weight is 1630 g/mol. The fourth-order valence-corrected chi connectivity index (χ4v) is 15.3. The number of phosphoric acid groups is 2. The Bertz CT molecular complexity index is 2580. The Balaban J connectivity index is 2.21. The normalized spacial score (nSPS) is 26.0. The Morgan fingerprint density at radius 3 is 1.15 bits per heavy atom. The molecule has 3 aliphatic heterocycles. The van der Waals surface area contributed by atoms with Crippen LogP contribution in [-0.2, 0) is 75.3 Å². The minimum atomic E-state index is -5.91. The van der Waals surface area contributed by atoms with Crippen molar-refractivity contribution in [1.29, 1.82) is 0 Å². The van der Waals surface area contributed by atoms with E-state index in [0.29, 0.717) is 38.5 Å². The van der Waals surface area contributed by atoms with Crippen molar-refractivity contribution in [3.8, 4) is 0 Å². The number of rotatable bonds is 65. The number of aliphatic carboxylic acids is 1. The van der Waals surface area contributed by atoms with Crippen LogP contribution in [0.1, 0.15) is 317 Å². The van der Waals surface area contributed by atoms with Crippen molar-refractivity contribution >= 4 is 45.4 Å². The summed E-state index contributed by atoms with van der Waals surface area (Å²) in [6.45, 7) is 4.87. The number of carbonyl (C=O) groups is 5. The molecule has 0 spiro atoms. The Kier molecular flexibility index (Phi) is 52.6. The lowest BCUT2D eigenvalue weighted by molar-refractivity contribution is -0.340. The molecule has 3 rings (SSSR count). The highest BCUT2D eigenvalue weighted by molar-refractivity contribution is 7.46. The number of ether oxygens (including phenoxy) is 7. The minimum Gasteiger partial charge on any atom is -0.477 e. The number of hydrogen-bond donors (Lipinski definition) is 16. The zero-order valence-corrected chi connectivity index (χ0v) is 67.8. The molecule has 0 aromatic heterocycles. The molecule has 3 saturated heterocycles. The quantitative estimate of drug-likeness (QED) is 0.0154. The number of unbranched alkanes of at least 4 members (excludes halogenated alkanes) is 32. The summed E-state index contributed by atoms with van der Waals surface area (Å²) in [4.78, 5) is 112. The summed E-state index contributed by atoms with van der Waals surface area (Å²) in [6.07, 6.45) is -0.923. The van der Waals surface area contributed by atoms with Crippen LogP contribution in [0.4, 0.5) is 0 Å². The maximum Gasteiger partial charge on any atom is 0.472 e. The van der Waals surface area contributed by atoms with Gasteiger partial charge in [0.2, 0.25) is 11.8 Å². The van der Waals surface area contributed by atoms with Crippen molar-refractivity contribution in [2.45, 2.75) is 433 Å². The molecule has 110 heavy (non-hydrogen) atoms. The Morgan fingerprint density at radius 1 is 0.445 bits per heavy atom. The van der Waals surface area contributed by atoms with E-state index in [1.54, 1.807) is 0 Å². The molecule has 3 heterocycles. The number of carboxylic acid groups (broad SMARTS) is 1. The van der Waals surface area contributed by atoms with E-state index in [4.69, 9.17) is 42.2 Å². The number of amides is 2. The van der Waals surface area contributed by atoms with Gasteiger partial charge >= 0.3 is 33.6 Å². The van der Waals surface area contributed by atoms with Crippen LogP contribution in [0.15, 0.2) is 0 Å². The first-order chi connectivity index (χ1) is 52.4. The molecule has 3 aliphatic rings. The Hall–Kier alpha value is -2.99. The first kappa shape index (κ1) is 101. The average Bonchev–Trinajstić information content (AvgIpc) is 0.771. The second-order valence-corrected chi connectivity index (χ2v) is 32.9. The molecule has 646 valence electrons. The monoisotopic (exact) mass is 1620 g/mol. The van der Waals surface area contributed by atoms with Crippen LogP contribution in [0.3, 0.4) is 0 Å². The van der Waals surface area contributed by atoms with Gasteiger partial charge in [0.25, 0.3) is 5.79 Å². The van der Waals surface area contributed by atoms with Crippen LogP contribution in [0.2, 0.25) is 0 Å². The van der Waals surface area contributed by atoms with Crippen LogP contribution in [0.5, 0.6) is 0 Å². The maximum atomic E-state index is 14.5. The smallest absolute Gasteiger partial charge is 0.472 e. The SMILES string of the molecule is CCCCCCCCCCCC(O)CC(=O)N[C@H]1[C@H](OC[C@H]2O[C@H](OP(=O)(O)O)[C@H](NC(=O)CC(O)CCCCCCCCCCC)[C@@H](OC(=O)CC(O)CCCCCCCCCCC)[C@@H]2O)O[C@H](CO[C@]2(C(=O)O)C[C@@H](O)[C@@H](O)[C@@H]([C@H](O)CO)O2)[C@@H](OP(=O)(O)O)[C@@H]1OC(=O)CC(O)CCCCCCCCCCC. The van der Waals surface area contributed by atoms with Gasteiger partial charge < -0.3 is 114 Å². The zero-order valence-electron chi connectivity index (χ0n) is 66.0. The first-order valence-electron chi connectivity index (χ1n) is 41.4. The van der Waals surface area contributed by atoms with E-state index in [2.05, 4.69) is 38.3 Å². The van der Waals surface area contributed by atoms with Crippen LogP contribution < -0.4 is 10.6 Å². The molecule has 0 saturated carbocycles. The summed E-state index contributed by atoms with van der Waals surface area (Å²) < 4.78 is 78.4. The van der Waals surface area contributed by atoms with E-state index in [1.165, 1.54) is 0 Å². The molecule has 0 radical (unpaired) electrons. The number of aliphatic hydroxyl groups excluding tert-OH is 9. The van der Waals surface area contributed by atoms with E-state index < -0.39 is 213 Å². The van der Waals surface area contributed by atoms with Gasteiger partial charge in [0, 0.05) is 6.42 Å². The fraction of sp³-hybridized carbons (Fsp3) is 0.934. The molecular formula is C76H142N2O30P2. The van der Waals surface area contributed by atoms with Gasteiger partial charge in [-0.1, -0.05) is 259 Å². The second-order valence-electron chi connectivity index (χ2n) is 30.5. The van der Waals surface area contributed by atoms with Gasteiger partial charge in [-0.05, 0) is 25.7 Å². The third-order valence-corrected chi connectivity index (χ3v) is 21.6. The summed E-state index contributed by atoms with van der Waals surface area (Å²) in [5, 5.41) is 115. The lowest BCUT2D eigenvalue weighted by Crippen LogP contribution is -2.68. The van der Waals surface area contributed by atoms with Crippen molar-refractivity contribution < 1.29 is 146 Å². The predicted molar refractivity (Wildman–Crippen MR) is 404 cm³/mol. The number of esters is 2.